The number of aryl methyl sites for hydroxylation is 1. The SMILES string of the molecule is CCCCN(CCCC)CCCNCc1nn(C)nc1-c1ccccc1. The molecule has 2 aromatic rings. The molecule has 0 unspecified atom stereocenters. The van der Waals surface area contributed by atoms with Crippen molar-refractivity contribution in [1.82, 2.24) is 25.2 Å². The predicted molar refractivity (Wildman–Crippen MR) is 109 cm³/mol. The van der Waals surface area contributed by atoms with E-state index in [-0.39, 0.29) is 0 Å². The van der Waals surface area contributed by atoms with Crippen LogP contribution in [-0.4, -0.2) is 46.1 Å². The Bertz CT molecular complexity index is 600. The van der Waals surface area contributed by atoms with Crippen molar-refractivity contribution in [2.75, 3.05) is 26.2 Å². The quantitative estimate of drug-likeness (QED) is 0.553. The van der Waals surface area contributed by atoms with Crippen molar-refractivity contribution in [2.45, 2.75) is 52.5 Å². The fraction of sp³-hybridized carbons (Fsp3) is 0.619. The molecule has 0 amide bonds. The van der Waals surface area contributed by atoms with E-state index in [0.29, 0.717) is 0 Å². The van der Waals surface area contributed by atoms with Gasteiger partial charge in [-0.25, -0.2) is 0 Å². The van der Waals surface area contributed by atoms with Crippen LogP contribution in [-0.2, 0) is 13.6 Å². The third-order valence-corrected chi connectivity index (χ3v) is 4.61. The number of aromatic nitrogens is 3. The predicted octanol–water partition coefficient (Wildman–Crippen LogP) is 3.86. The Hall–Kier alpha value is -1.72. The van der Waals surface area contributed by atoms with Crippen molar-refractivity contribution < 1.29 is 0 Å². The van der Waals surface area contributed by atoms with E-state index in [2.05, 4.69) is 46.4 Å². The fourth-order valence-electron chi connectivity index (χ4n) is 3.12. The van der Waals surface area contributed by atoms with Gasteiger partial charge in [-0.3, -0.25) is 0 Å². The van der Waals surface area contributed by atoms with Crippen molar-refractivity contribution in [1.29, 1.82) is 0 Å². The molecule has 1 N–H and O–H groups in total. The first-order chi connectivity index (χ1) is 12.7. The van der Waals surface area contributed by atoms with Gasteiger partial charge in [-0.15, -0.1) is 0 Å². The molecular weight excluding hydrogens is 322 g/mol. The highest BCUT2D eigenvalue weighted by atomic mass is 15.5. The standard InChI is InChI=1S/C21H35N5/c1-4-6-15-26(16-7-5-2)17-11-14-22-18-20-21(24-25(3)23-20)19-12-9-8-10-13-19/h8-10,12-13,22H,4-7,11,14-18H2,1-3H3. The van der Waals surface area contributed by atoms with Gasteiger partial charge in [-0.2, -0.15) is 15.0 Å². The van der Waals surface area contributed by atoms with Crippen LogP contribution in [0.1, 0.15) is 51.6 Å². The van der Waals surface area contributed by atoms with E-state index in [1.807, 2.05) is 25.2 Å². The minimum Gasteiger partial charge on any atom is -0.311 e. The van der Waals surface area contributed by atoms with E-state index in [9.17, 15) is 0 Å². The molecule has 1 aromatic carbocycles. The Labute approximate surface area is 158 Å². The van der Waals surface area contributed by atoms with Crippen molar-refractivity contribution in [3.63, 3.8) is 0 Å². The summed E-state index contributed by atoms with van der Waals surface area (Å²) in [6.45, 7) is 9.97. The van der Waals surface area contributed by atoms with Gasteiger partial charge in [-0.05, 0) is 45.4 Å². The van der Waals surface area contributed by atoms with Gasteiger partial charge < -0.3 is 10.2 Å². The van der Waals surface area contributed by atoms with Crippen molar-refractivity contribution in [2.24, 2.45) is 7.05 Å². The second-order valence-electron chi connectivity index (χ2n) is 6.93. The molecule has 0 aliphatic carbocycles. The summed E-state index contributed by atoms with van der Waals surface area (Å²) >= 11 is 0. The van der Waals surface area contributed by atoms with Gasteiger partial charge in [0.05, 0.1) is 0 Å². The highest BCUT2D eigenvalue weighted by Crippen LogP contribution is 2.19. The number of unbranched alkanes of at least 4 members (excludes halogenated alkanes) is 2. The number of hydrogen-bond acceptors (Lipinski definition) is 4. The molecular formula is C21H35N5. The zero-order valence-electron chi connectivity index (χ0n) is 16.7. The van der Waals surface area contributed by atoms with E-state index in [0.717, 1.165) is 30.0 Å². The first-order valence-electron chi connectivity index (χ1n) is 10.1. The minimum atomic E-state index is 0.766. The normalized spacial score (nSPS) is 11.4. The number of nitrogens with zero attached hydrogens (tertiary/aromatic N) is 4. The number of rotatable bonds is 13. The second-order valence-corrected chi connectivity index (χ2v) is 6.93. The molecule has 5 nitrogen and oxygen atoms in total. The van der Waals surface area contributed by atoms with Crippen LogP contribution in [0.4, 0.5) is 0 Å². The Balaban J connectivity index is 1.77. The molecule has 0 bridgehead atoms. The van der Waals surface area contributed by atoms with Crippen LogP contribution < -0.4 is 5.32 Å². The molecule has 0 radical (unpaired) electrons. The summed E-state index contributed by atoms with van der Waals surface area (Å²) in [5, 5.41) is 12.6. The zero-order chi connectivity index (χ0) is 18.6. The molecule has 0 spiro atoms. The summed E-state index contributed by atoms with van der Waals surface area (Å²) < 4.78 is 0. The zero-order valence-corrected chi connectivity index (χ0v) is 16.7. The van der Waals surface area contributed by atoms with E-state index in [1.165, 1.54) is 51.7 Å². The minimum absolute atomic E-state index is 0.766. The van der Waals surface area contributed by atoms with Gasteiger partial charge in [-0.1, -0.05) is 57.0 Å². The number of nitrogens with one attached hydrogen (secondary N) is 1. The van der Waals surface area contributed by atoms with Crippen LogP contribution in [0.15, 0.2) is 30.3 Å². The Morgan fingerprint density at radius 1 is 0.923 bits per heavy atom. The topological polar surface area (TPSA) is 46.0 Å². The lowest BCUT2D eigenvalue weighted by Gasteiger charge is -2.21. The average molecular weight is 358 g/mol. The molecule has 26 heavy (non-hydrogen) atoms. The molecule has 0 aliphatic heterocycles. The van der Waals surface area contributed by atoms with E-state index < -0.39 is 0 Å². The average Bonchev–Trinajstić information content (AvgIpc) is 3.04. The van der Waals surface area contributed by atoms with Crippen molar-refractivity contribution >= 4 is 0 Å². The molecule has 0 atom stereocenters. The molecule has 0 fully saturated rings. The summed E-state index contributed by atoms with van der Waals surface area (Å²) in [5.41, 5.74) is 3.13. The van der Waals surface area contributed by atoms with Crippen LogP contribution in [0.5, 0.6) is 0 Å². The first-order valence-corrected chi connectivity index (χ1v) is 10.1. The maximum atomic E-state index is 4.53. The molecule has 0 aliphatic rings. The lowest BCUT2D eigenvalue weighted by atomic mass is 10.1. The lowest BCUT2D eigenvalue weighted by Crippen LogP contribution is -2.29. The highest BCUT2D eigenvalue weighted by Gasteiger charge is 2.11. The van der Waals surface area contributed by atoms with Gasteiger partial charge in [0.1, 0.15) is 11.4 Å². The van der Waals surface area contributed by atoms with Crippen LogP contribution >= 0.6 is 0 Å². The van der Waals surface area contributed by atoms with Crippen molar-refractivity contribution in [3.05, 3.63) is 36.0 Å². The Morgan fingerprint density at radius 2 is 1.58 bits per heavy atom. The number of benzene rings is 1. The Kier molecular flexibility index (Phi) is 9.35. The molecule has 2 rings (SSSR count). The molecule has 1 aromatic heterocycles. The van der Waals surface area contributed by atoms with Gasteiger partial charge in [0.2, 0.25) is 0 Å². The largest absolute Gasteiger partial charge is 0.311 e. The van der Waals surface area contributed by atoms with Gasteiger partial charge in [0.15, 0.2) is 0 Å². The molecule has 144 valence electrons. The molecule has 1 heterocycles. The summed E-state index contributed by atoms with van der Waals surface area (Å²) in [6.07, 6.45) is 6.33. The summed E-state index contributed by atoms with van der Waals surface area (Å²) in [7, 11) is 1.88. The van der Waals surface area contributed by atoms with E-state index in [1.54, 1.807) is 4.80 Å². The second kappa shape index (κ2) is 11.8. The first kappa shape index (κ1) is 20.6. The highest BCUT2D eigenvalue weighted by molar-refractivity contribution is 5.60. The maximum Gasteiger partial charge on any atom is 0.117 e. The van der Waals surface area contributed by atoms with Crippen LogP contribution in [0.3, 0.4) is 0 Å². The fourth-order valence-corrected chi connectivity index (χ4v) is 3.12. The van der Waals surface area contributed by atoms with Crippen LogP contribution in [0.2, 0.25) is 0 Å². The summed E-state index contributed by atoms with van der Waals surface area (Å²) in [6, 6.07) is 10.3. The van der Waals surface area contributed by atoms with Crippen LogP contribution in [0, 0.1) is 0 Å². The van der Waals surface area contributed by atoms with Crippen LogP contribution in [0.25, 0.3) is 11.3 Å². The summed E-state index contributed by atoms with van der Waals surface area (Å²) in [5.74, 6) is 0. The Morgan fingerprint density at radius 3 is 2.23 bits per heavy atom. The van der Waals surface area contributed by atoms with Gasteiger partial charge in [0, 0.05) is 19.2 Å². The monoisotopic (exact) mass is 357 g/mol. The van der Waals surface area contributed by atoms with Gasteiger partial charge >= 0.3 is 0 Å². The van der Waals surface area contributed by atoms with Crippen molar-refractivity contribution in [3.8, 4) is 11.3 Å². The summed E-state index contributed by atoms with van der Waals surface area (Å²) in [4.78, 5) is 4.28. The molecule has 5 heteroatoms. The smallest absolute Gasteiger partial charge is 0.117 e. The third kappa shape index (κ3) is 6.89. The van der Waals surface area contributed by atoms with Gasteiger partial charge in [0.25, 0.3) is 0 Å². The van der Waals surface area contributed by atoms with E-state index >= 15 is 0 Å². The van der Waals surface area contributed by atoms with E-state index in [4.69, 9.17) is 0 Å². The third-order valence-electron chi connectivity index (χ3n) is 4.61. The lowest BCUT2D eigenvalue weighted by molar-refractivity contribution is 0.261. The molecule has 0 saturated heterocycles. The number of hydrogen-bond donors (Lipinski definition) is 1. The molecule has 0 saturated carbocycles. The maximum absolute atomic E-state index is 4.53.